The van der Waals surface area contributed by atoms with Gasteiger partial charge in [-0.15, -0.1) is 11.8 Å². The van der Waals surface area contributed by atoms with E-state index in [4.69, 9.17) is 0 Å². The van der Waals surface area contributed by atoms with Crippen LogP contribution in [0.3, 0.4) is 0 Å². The first kappa shape index (κ1) is 16.9. The van der Waals surface area contributed by atoms with Gasteiger partial charge in [0.25, 0.3) is 0 Å². The molecule has 1 aromatic carbocycles. The van der Waals surface area contributed by atoms with Crippen LogP contribution in [0.25, 0.3) is 0 Å². The predicted octanol–water partition coefficient (Wildman–Crippen LogP) is 5.52. The Bertz CT molecular complexity index is 414. The van der Waals surface area contributed by atoms with E-state index in [2.05, 4.69) is 57.3 Å². The van der Waals surface area contributed by atoms with E-state index in [0.717, 1.165) is 30.1 Å². The fraction of sp³-hybridized carbons (Fsp3) is 0.684. The summed E-state index contributed by atoms with van der Waals surface area (Å²) < 4.78 is 0. The highest BCUT2D eigenvalue weighted by atomic mass is 32.2. The van der Waals surface area contributed by atoms with Gasteiger partial charge in [0, 0.05) is 10.9 Å². The van der Waals surface area contributed by atoms with Gasteiger partial charge in [-0.1, -0.05) is 46.2 Å². The molecule has 2 heteroatoms. The third-order valence-corrected chi connectivity index (χ3v) is 5.98. The summed E-state index contributed by atoms with van der Waals surface area (Å²) in [5, 5.41) is 3.75. The van der Waals surface area contributed by atoms with Crippen LogP contribution < -0.4 is 5.32 Å². The number of thioether (sulfide) groups is 1. The lowest BCUT2D eigenvalue weighted by Gasteiger charge is -2.37. The molecule has 4 atom stereocenters. The van der Waals surface area contributed by atoms with Crippen molar-refractivity contribution in [1.82, 2.24) is 5.32 Å². The van der Waals surface area contributed by atoms with Crippen LogP contribution in [0.2, 0.25) is 0 Å². The van der Waals surface area contributed by atoms with Crippen molar-refractivity contribution in [2.75, 3.05) is 12.3 Å². The highest BCUT2D eigenvalue weighted by Crippen LogP contribution is 2.40. The molecule has 1 aliphatic rings. The molecule has 1 fully saturated rings. The van der Waals surface area contributed by atoms with Crippen molar-refractivity contribution >= 4 is 11.8 Å². The third kappa shape index (κ3) is 4.50. The molecule has 1 saturated carbocycles. The first-order valence-electron chi connectivity index (χ1n) is 8.61. The number of nitrogens with one attached hydrogen (secondary N) is 1. The van der Waals surface area contributed by atoms with Crippen LogP contribution in [0.15, 0.2) is 29.2 Å². The second-order valence-electron chi connectivity index (χ2n) is 6.57. The molecule has 1 N–H and O–H groups in total. The fourth-order valence-electron chi connectivity index (χ4n) is 3.61. The summed E-state index contributed by atoms with van der Waals surface area (Å²) in [4.78, 5) is 1.39. The second-order valence-corrected chi connectivity index (χ2v) is 7.90. The van der Waals surface area contributed by atoms with Crippen molar-refractivity contribution in [3.63, 3.8) is 0 Å². The van der Waals surface area contributed by atoms with Crippen molar-refractivity contribution in [3.05, 3.63) is 29.8 Å². The number of hydrogen-bond donors (Lipinski definition) is 1. The highest BCUT2D eigenvalue weighted by Gasteiger charge is 2.30. The van der Waals surface area contributed by atoms with Gasteiger partial charge < -0.3 is 5.32 Å². The summed E-state index contributed by atoms with van der Waals surface area (Å²) in [6.45, 7) is 10.3. The molecular formula is C19H31NS. The zero-order chi connectivity index (χ0) is 15.2. The predicted molar refractivity (Wildman–Crippen MR) is 94.9 cm³/mol. The van der Waals surface area contributed by atoms with E-state index in [0.29, 0.717) is 6.04 Å². The van der Waals surface area contributed by atoms with Gasteiger partial charge in [0.15, 0.2) is 0 Å². The molecule has 0 bridgehead atoms. The summed E-state index contributed by atoms with van der Waals surface area (Å²) >= 11 is 1.92. The Morgan fingerprint density at radius 1 is 1.10 bits per heavy atom. The SMILES string of the molecule is CCNC(c1ccc(SCC)cc1)C1CCC(C)C(C)C1. The van der Waals surface area contributed by atoms with Gasteiger partial charge in [-0.05, 0) is 60.6 Å². The zero-order valence-electron chi connectivity index (χ0n) is 14.1. The Labute approximate surface area is 135 Å². The Morgan fingerprint density at radius 3 is 2.38 bits per heavy atom. The Kier molecular flexibility index (Phi) is 6.63. The molecule has 1 nitrogen and oxygen atoms in total. The maximum Gasteiger partial charge on any atom is 0.0348 e. The van der Waals surface area contributed by atoms with E-state index in [1.807, 2.05) is 11.8 Å². The minimum absolute atomic E-state index is 0.533. The number of hydrogen-bond acceptors (Lipinski definition) is 2. The average molecular weight is 306 g/mol. The maximum atomic E-state index is 3.75. The van der Waals surface area contributed by atoms with Crippen LogP contribution >= 0.6 is 11.8 Å². The summed E-state index contributed by atoms with van der Waals surface area (Å²) in [5.41, 5.74) is 1.48. The molecule has 0 spiro atoms. The summed E-state index contributed by atoms with van der Waals surface area (Å²) in [5.74, 6) is 3.70. The summed E-state index contributed by atoms with van der Waals surface area (Å²) in [7, 11) is 0. The molecular weight excluding hydrogens is 274 g/mol. The lowest BCUT2D eigenvalue weighted by Crippen LogP contribution is -2.33. The van der Waals surface area contributed by atoms with Gasteiger partial charge >= 0.3 is 0 Å². The van der Waals surface area contributed by atoms with E-state index in [1.165, 1.54) is 29.7 Å². The van der Waals surface area contributed by atoms with E-state index in [1.54, 1.807) is 0 Å². The van der Waals surface area contributed by atoms with Gasteiger partial charge in [-0.25, -0.2) is 0 Å². The van der Waals surface area contributed by atoms with Crippen molar-refractivity contribution in [2.24, 2.45) is 17.8 Å². The lowest BCUT2D eigenvalue weighted by atomic mass is 9.72. The Balaban J connectivity index is 2.10. The smallest absolute Gasteiger partial charge is 0.0348 e. The van der Waals surface area contributed by atoms with Gasteiger partial charge in [0.1, 0.15) is 0 Å². The summed E-state index contributed by atoms with van der Waals surface area (Å²) in [6, 6.07) is 9.80. The van der Waals surface area contributed by atoms with Crippen molar-refractivity contribution in [2.45, 2.75) is 57.9 Å². The quantitative estimate of drug-likeness (QED) is 0.694. The van der Waals surface area contributed by atoms with Gasteiger partial charge in [-0.3, -0.25) is 0 Å². The first-order valence-corrected chi connectivity index (χ1v) is 9.60. The number of rotatable bonds is 6. The topological polar surface area (TPSA) is 12.0 Å². The molecule has 21 heavy (non-hydrogen) atoms. The number of benzene rings is 1. The normalized spacial score (nSPS) is 27.5. The minimum Gasteiger partial charge on any atom is -0.310 e. The van der Waals surface area contributed by atoms with Crippen LogP contribution in [0.5, 0.6) is 0 Å². The largest absolute Gasteiger partial charge is 0.310 e. The molecule has 0 aliphatic heterocycles. The van der Waals surface area contributed by atoms with Gasteiger partial charge in [-0.2, -0.15) is 0 Å². The molecule has 4 unspecified atom stereocenters. The van der Waals surface area contributed by atoms with Crippen LogP contribution in [-0.4, -0.2) is 12.3 Å². The maximum absolute atomic E-state index is 3.75. The second kappa shape index (κ2) is 8.24. The van der Waals surface area contributed by atoms with Crippen LogP contribution in [-0.2, 0) is 0 Å². The minimum atomic E-state index is 0.533. The molecule has 0 heterocycles. The lowest BCUT2D eigenvalue weighted by molar-refractivity contribution is 0.172. The first-order chi connectivity index (χ1) is 10.2. The molecule has 0 radical (unpaired) electrons. The van der Waals surface area contributed by atoms with E-state index in [9.17, 15) is 0 Å². The molecule has 118 valence electrons. The zero-order valence-corrected chi connectivity index (χ0v) is 14.9. The molecule has 0 aromatic heterocycles. The van der Waals surface area contributed by atoms with E-state index < -0.39 is 0 Å². The van der Waals surface area contributed by atoms with Crippen molar-refractivity contribution in [1.29, 1.82) is 0 Å². The van der Waals surface area contributed by atoms with Gasteiger partial charge in [0.05, 0.1) is 0 Å². The fourth-order valence-corrected chi connectivity index (χ4v) is 4.27. The Morgan fingerprint density at radius 2 is 1.81 bits per heavy atom. The third-order valence-electron chi connectivity index (χ3n) is 5.08. The van der Waals surface area contributed by atoms with E-state index >= 15 is 0 Å². The summed E-state index contributed by atoms with van der Waals surface area (Å²) in [6.07, 6.45) is 4.12. The average Bonchev–Trinajstić information content (AvgIpc) is 2.49. The van der Waals surface area contributed by atoms with Crippen molar-refractivity contribution in [3.8, 4) is 0 Å². The van der Waals surface area contributed by atoms with Crippen LogP contribution in [0.1, 0.15) is 58.6 Å². The molecule has 1 aromatic rings. The highest BCUT2D eigenvalue weighted by molar-refractivity contribution is 7.99. The van der Waals surface area contributed by atoms with E-state index in [-0.39, 0.29) is 0 Å². The molecule has 0 saturated heterocycles. The van der Waals surface area contributed by atoms with Crippen LogP contribution in [0, 0.1) is 17.8 Å². The monoisotopic (exact) mass is 305 g/mol. The standard InChI is InChI=1S/C19H31NS/c1-5-20-19(17-8-7-14(3)15(4)13-17)16-9-11-18(12-10-16)21-6-2/h9-12,14-15,17,19-20H,5-8,13H2,1-4H3. The van der Waals surface area contributed by atoms with Gasteiger partial charge in [0.2, 0.25) is 0 Å². The van der Waals surface area contributed by atoms with Crippen LogP contribution in [0.4, 0.5) is 0 Å². The molecule has 2 rings (SSSR count). The molecule has 1 aliphatic carbocycles. The Hall–Kier alpha value is -0.470. The van der Waals surface area contributed by atoms with Crippen molar-refractivity contribution < 1.29 is 0 Å². The molecule has 0 amide bonds.